The molecular formula is C15H21N3O. The average molecular weight is 259 g/mol. The van der Waals surface area contributed by atoms with Gasteiger partial charge in [0.2, 0.25) is 5.88 Å². The molecule has 0 N–H and O–H groups in total. The lowest BCUT2D eigenvalue weighted by Crippen LogP contribution is -2.44. The van der Waals surface area contributed by atoms with Crippen molar-refractivity contribution in [3.05, 3.63) is 24.5 Å². The lowest BCUT2D eigenvalue weighted by atomic mass is 9.71. The predicted molar refractivity (Wildman–Crippen MR) is 75.5 cm³/mol. The molecule has 0 saturated carbocycles. The Balaban J connectivity index is 1.79. The smallest absolute Gasteiger partial charge is 0.218 e. The topological polar surface area (TPSA) is 38.2 Å². The molecule has 1 unspecified atom stereocenters. The molecule has 1 atom stereocenters. The first kappa shape index (κ1) is 12.5. The standard InChI is InChI=1S/C15H21N3O/c1-19-14-10-13(16-12-17-14)18-9-5-8-15(11-18)6-3-2-4-7-15/h2-3,10,12H,4-9,11H2,1H3. The van der Waals surface area contributed by atoms with Gasteiger partial charge in [0.1, 0.15) is 12.1 Å². The fourth-order valence-electron chi connectivity index (χ4n) is 3.33. The molecule has 2 aliphatic rings. The molecule has 1 spiro atoms. The summed E-state index contributed by atoms with van der Waals surface area (Å²) in [6, 6.07) is 1.94. The van der Waals surface area contributed by atoms with E-state index in [-0.39, 0.29) is 0 Å². The first-order valence-corrected chi connectivity index (χ1v) is 7.07. The number of ether oxygens (including phenoxy) is 1. The number of rotatable bonds is 2. The van der Waals surface area contributed by atoms with E-state index in [2.05, 4.69) is 27.0 Å². The Hall–Kier alpha value is -1.58. The molecule has 1 aromatic heterocycles. The summed E-state index contributed by atoms with van der Waals surface area (Å²) in [5.74, 6) is 1.65. The normalized spacial score (nSPS) is 26.7. The molecule has 1 aliphatic heterocycles. The molecule has 102 valence electrons. The Morgan fingerprint density at radius 3 is 3.00 bits per heavy atom. The van der Waals surface area contributed by atoms with Crippen LogP contribution in [0.25, 0.3) is 0 Å². The van der Waals surface area contributed by atoms with Crippen LogP contribution in [-0.2, 0) is 0 Å². The van der Waals surface area contributed by atoms with E-state index in [4.69, 9.17) is 4.74 Å². The number of hydrogen-bond acceptors (Lipinski definition) is 4. The summed E-state index contributed by atoms with van der Waals surface area (Å²) in [6.45, 7) is 2.20. The third-order valence-corrected chi connectivity index (χ3v) is 4.38. The average Bonchev–Trinajstić information content (AvgIpc) is 2.48. The highest BCUT2D eigenvalue weighted by molar-refractivity contribution is 5.41. The summed E-state index contributed by atoms with van der Waals surface area (Å²) in [5.41, 5.74) is 0.463. The number of nitrogens with zero attached hydrogens (tertiary/aromatic N) is 3. The van der Waals surface area contributed by atoms with Gasteiger partial charge in [0.25, 0.3) is 0 Å². The van der Waals surface area contributed by atoms with Gasteiger partial charge in [0, 0.05) is 19.2 Å². The minimum absolute atomic E-state index is 0.463. The van der Waals surface area contributed by atoms with E-state index in [0.29, 0.717) is 11.3 Å². The van der Waals surface area contributed by atoms with Gasteiger partial charge in [-0.1, -0.05) is 12.2 Å². The number of hydrogen-bond donors (Lipinski definition) is 0. The lowest BCUT2D eigenvalue weighted by Gasteiger charge is -2.44. The van der Waals surface area contributed by atoms with Crippen LogP contribution in [0.1, 0.15) is 32.1 Å². The van der Waals surface area contributed by atoms with Crippen molar-refractivity contribution in [1.82, 2.24) is 9.97 Å². The van der Waals surface area contributed by atoms with Crippen molar-refractivity contribution in [3.63, 3.8) is 0 Å². The van der Waals surface area contributed by atoms with Crippen LogP contribution in [0.3, 0.4) is 0 Å². The second-order valence-electron chi connectivity index (χ2n) is 5.66. The Morgan fingerprint density at radius 1 is 1.26 bits per heavy atom. The van der Waals surface area contributed by atoms with Gasteiger partial charge in [-0.2, -0.15) is 0 Å². The molecule has 4 heteroatoms. The number of allylic oxidation sites excluding steroid dienone is 2. The van der Waals surface area contributed by atoms with Crippen molar-refractivity contribution in [2.75, 3.05) is 25.1 Å². The van der Waals surface area contributed by atoms with E-state index in [9.17, 15) is 0 Å². The molecule has 1 fully saturated rings. The van der Waals surface area contributed by atoms with Crippen molar-refractivity contribution in [1.29, 1.82) is 0 Å². The molecule has 0 amide bonds. The molecule has 1 saturated heterocycles. The summed E-state index contributed by atoms with van der Waals surface area (Å²) in [6.07, 6.45) is 12.6. The minimum atomic E-state index is 0.463. The fourth-order valence-corrected chi connectivity index (χ4v) is 3.33. The Morgan fingerprint density at radius 2 is 2.21 bits per heavy atom. The highest BCUT2D eigenvalue weighted by atomic mass is 16.5. The zero-order valence-electron chi connectivity index (χ0n) is 11.5. The van der Waals surface area contributed by atoms with Gasteiger partial charge >= 0.3 is 0 Å². The summed E-state index contributed by atoms with van der Waals surface area (Å²) < 4.78 is 5.19. The summed E-state index contributed by atoms with van der Waals surface area (Å²) in [7, 11) is 1.65. The highest BCUT2D eigenvalue weighted by Gasteiger charge is 2.35. The second kappa shape index (κ2) is 5.19. The Kier molecular flexibility index (Phi) is 3.40. The molecule has 4 nitrogen and oxygen atoms in total. The monoisotopic (exact) mass is 259 g/mol. The maximum Gasteiger partial charge on any atom is 0.218 e. The van der Waals surface area contributed by atoms with E-state index in [1.165, 1.54) is 32.1 Å². The fraction of sp³-hybridized carbons (Fsp3) is 0.600. The van der Waals surface area contributed by atoms with Crippen LogP contribution in [0, 0.1) is 5.41 Å². The van der Waals surface area contributed by atoms with Gasteiger partial charge in [0.15, 0.2) is 0 Å². The van der Waals surface area contributed by atoms with Crippen molar-refractivity contribution in [3.8, 4) is 5.88 Å². The molecule has 0 aromatic carbocycles. The van der Waals surface area contributed by atoms with Crippen molar-refractivity contribution >= 4 is 5.82 Å². The highest BCUT2D eigenvalue weighted by Crippen LogP contribution is 2.41. The van der Waals surface area contributed by atoms with Crippen molar-refractivity contribution in [2.45, 2.75) is 32.1 Å². The third-order valence-electron chi connectivity index (χ3n) is 4.38. The first-order valence-electron chi connectivity index (χ1n) is 7.07. The maximum absolute atomic E-state index is 5.19. The molecular weight excluding hydrogens is 238 g/mol. The van der Waals surface area contributed by atoms with E-state index < -0.39 is 0 Å². The molecule has 1 aliphatic carbocycles. The Bertz CT molecular complexity index is 474. The third kappa shape index (κ3) is 2.57. The van der Waals surface area contributed by atoms with Crippen molar-refractivity contribution < 1.29 is 4.74 Å². The van der Waals surface area contributed by atoms with Crippen molar-refractivity contribution in [2.24, 2.45) is 5.41 Å². The van der Waals surface area contributed by atoms with E-state index >= 15 is 0 Å². The van der Waals surface area contributed by atoms with Crippen LogP contribution in [0.2, 0.25) is 0 Å². The molecule has 0 bridgehead atoms. The van der Waals surface area contributed by atoms with Crippen LogP contribution in [0.15, 0.2) is 24.5 Å². The van der Waals surface area contributed by atoms with E-state index in [1.54, 1.807) is 13.4 Å². The lowest BCUT2D eigenvalue weighted by molar-refractivity contribution is 0.209. The number of piperidine rings is 1. The van der Waals surface area contributed by atoms with E-state index in [1.807, 2.05) is 6.07 Å². The SMILES string of the molecule is COc1cc(N2CCCC3(CC=CCC3)C2)ncn1. The predicted octanol–water partition coefficient (Wildman–Crippen LogP) is 2.81. The zero-order chi connectivity index (χ0) is 13.1. The summed E-state index contributed by atoms with van der Waals surface area (Å²) in [4.78, 5) is 10.9. The van der Waals surface area contributed by atoms with Gasteiger partial charge < -0.3 is 9.64 Å². The van der Waals surface area contributed by atoms with Crippen LogP contribution in [-0.4, -0.2) is 30.2 Å². The molecule has 1 aromatic rings. The number of methoxy groups -OCH3 is 1. The largest absolute Gasteiger partial charge is 0.481 e. The maximum atomic E-state index is 5.19. The zero-order valence-corrected chi connectivity index (χ0v) is 11.5. The minimum Gasteiger partial charge on any atom is -0.481 e. The van der Waals surface area contributed by atoms with Crippen LogP contribution < -0.4 is 9.64 Å². The number of aromatic nitrogens is 2. The van der Waals surface area contributed by atoms with Gasteiger partial charge in [-0.25, -0.2) is 9.97 Å². The van der Waals surface area contributed by atoms with Crippen LogP contribution in [0.5, 0.6) is 5.88 Å². The molecule has 0 radical (unpaired) electrons. The second-order valence-corrected chi connectivity index (χ2v) is 5.66. The molecule has 3 rings (SSSR count). The Labute approximate surface area is 114 Å². The van der Waals surface area contributed by atoms with Crippen LogP contribution in [0.4, 0.5) is 5.82 Å². The first-order chi connectivity index (χ1) is 9.31. The summed E-state index contributed by atoms with van der Waals surface area (Å²) in [5, 5.41) is 0. The number of anilines is 1. The molecule has 2 heterocycles. The van der Waals surface area contributed by atoms with Crippen LogP contribution >= 0.6 is 0 Å². The van der Waals surface area contributed by atoms with Gasteiger partial charge in [-0.3, -0.25) is 0 Å². The van der Waals surface area contributed by atoms with Gasteiger partial charge in [-0.15, -0.1) is 0 Å². The quantitative estimate of drug-likeness (QED) is 0.765. The van der Waals surface area contributed by atoms with E-state index in [0.717, 1.165) is 18.9 Å². The van der Waals surface area contributed by atoms with Gasteiger partial charge in [-0.05, 0) is 37.5 Å². The summed E-state index contributed by atoms with van der Waals surface area (Å²) >= 11 is 0. The molecule has 19 heavy (non-hydrogen) atoms. The van der Waals surface area contributed by atoms with Gasteiger partial charge in [0.05, 0.1) is 7.11 Å².